The minimum atomic E-state index is 0.353. The maximum Gasteiger partial charge on any atom is 0.133 e. The largest absolute Gasteiger partial charge is 0.300 e. The topological polar surface area (TPSA) is 17.1 Å². The first-order valence-corrected chi connectivity index (χ1v) is 10.9. The summed E-state index contributed by atoms with van der Waals surface area (Å²) in [6.45, 7) is 9.56. The zero-order chi connectivity index (χ0) is 16.9. The van der Waals surface area contributed by atoms with Crippen LogP contribution in [0.15, 0.2) is 0 Å². The number of carbonyl (C=O) groups is 1. The first kappa shape index (κ1) is 15.9. The van der Waals surface area contributed by atoms with Gasteiger partial charge in [0.2, 0.25) is 0 Å². The summed E-state index contributed by atoms with van der Waals surface area (Å²) >= 11 is 0. The molecule has 0 heterocycles. The van der Waals surface area contributed by atoms with Crippen LogP contribution in [0.3, 0.4) is 0 Å². The van der Waals surface area contributed by atoms with Crippen molar-refractivity contribution in [2.45, 2.75) is 79.1 Å². The fourth-order valence-electron chi connectivity index (χ4n) is 9.21. The molecule has 5 aliphatic carbocycles. The number of hydrogen-bond acceptors (Lipinski definition) is 1. The van der Waals surface area contributed by atoms with Crippen molar-refractivity contribution in [3.05, 3.63) is 0 Å². The van der Waals surface area contributed by atoms with E-state index in [1.54, 1.807) is 0 Å². The number of Topliss-reactive ketones (excluding diaryl/α,β-unsaturated/α-hetero) is 1. The van der Waals surface area contributed by atoms with Crippen LogP contribution < -0.4 is 0 Å². The smallest absolute Gasteiger partial charge is 0.133 e. The molecule has 1 heteroatoms. The molecule has 0 aromatic rings. The van der Waals surface area contributed by atoms with Crippen molar-refractivity contribution < 1.29 is 4.79 Å². The lowest BCUT2D eigenvalue weighted by Gasteiger charge is -2.61. The van der Waals surface area contributed by atoms with E-state index in [0.717, 1.165) is 41.4 Å². The third kappa shape index (κ3) is 1.85. The Morgan fingerprint density at radius 2 is 1.62 bits per heavy atom. The highest BCUT2D eigenvalue weighted by molar-refractivity contribution is 5.80. The van der Waals surface area contributed by atoms with Gasteiger partial charge in [-0.15, -0.1) is 0 Å². The molecule has 0 aromatic heterocycles. The molecule has 0 aromatic carbocycles. The van der Waals surface area contributed by atoms with Gasteiger partial charge in [-0.05, 0) is 104 Å². The minimum Gasteiger partial charge on any atom is -0.300 e. The Bertz CT molecular complexity index is 566. The lowest BCUT2D eigenvalue weighted by atomic mass is 9.43. The molecular formula is C23H36O. The molecule has 0 spiro atoms. The zero-order valence-electron chi connectivity index (χ0n) is 16.2. The van der Waals surface area contributed by atoms with Crippen LogP contribution in [0.1, 0.15) is 79.1 Å². The van der Waals surface area contributed by atoms with Gasteiger partial charge in [0.05, 0.1) is 0 Å². The lowest BCUT2D eigenvalue weighted by Crippen LogP contribution is -2.54. The normalized spacial score (nSPS) is 61.3. The summed E-state index contributed by atoms with van der Waals surface area (Å²) in [7, 11) is 0. The molecule has 10 unspecified atom stereocenters. The molecule has 24 heavy (non-hydrogen) atoms. The summed E-state index contributed by atoms with van der Waals surface area (Å²) in [6, 6.07) is 0. The van der Waals surface area contributed by atoms with Crippen LogP contribution in [0.25, 0.3) is 0 Å². The van der Waals surface area contributed by atoms with E-state index in [2.05, 4.69) is 20.8 Å². The molecule has 0 radical (unpaired) electrons. The second kappa shape index (κ2) is 4.89. The van der Waals surface area contributed by atoms with Gasteiger partial charge < -0.3 is 0 Å². The van der Waals surface area contributed by atoms with Crippen LogP contribution in [-0.4, -0.2) is 5.78 Å². The highest BCUT2D eigenvalue weighted by Crippen LogP contribution is 2.76. The van der Waals surface area contributed by atoms with E-state index < -0.39 is 0 Å². The molecule has 1 nitrogen and oxygen atoms in total. The van der Waals surface area contributed by atoms with Gasteiger partial charge in [0, 0.05) is 5.92 Å². The molecule has 10 atom stereocenters. The van der Waals surface area contributed by atoms with Crippen molar-refractivity contribution in [2.24, 2.45) is 58.2 Å². The molecule has 0 aliphatic heterocycles. The summed E-state index contributed by atoms with van der Waals surface area (Å²) in [5.41, 5.74) is 0.973. The van der Waals surface area contributed by atoms with Crippen molar-refractivity contribution in [3.63, 3.8) is 0 Å². The van der Waals surface area contributed by atoms with Crippen molar-refractivity contribution in [1.29, 1.82) is 0 Å². The second-order valence-electron chi connectivity index (χ2n) is 11.2. The van der Waals surface area contributed by atoms with Crippen molar-refractivity contribution >= 4 is 5.78 Å². The molecule has 5 saturated carbocycles. The van der Waals surface area contributed by atoms with E-state index in [1.165, 1.54) is 51.4 Å². The van der Waals surface area contributed by atoms with Gasteiger partial charge in [-0.1, -0.05) is 27.2 Å². The maximum absolute atomic E-state index is 12.4. The Balaban J connectivity index is 1.48. The fraction of sp³-hybridized carbons (Fsp3) is 0.957. The predicted octanol–water partition coefficient (Wildman–Crippen LogP) is 5.73. The summed E-state index contributed by atoms with van der Waals surface area (Å²) in [6.07, 6.45) is 11.5. The standard InChI is InChI=1S/C23H36O/c1-13-7-9-22(3)15(11-13)5-6-16-19(22)8-10-23(4)20(14(2)24)17-12-18(17)21(16)23/h13,15-21H,5-12H2,1-4H3. The van der Waals surface area contributed by atoms with Crippen LogP contribution in [0.5, 0.6) is 0 Å². The Hall–Kier alpha value is -0.330. The van der Waals surface area contributed by atoms with Crippen molar-refractivity contribution in [3.8, 4) is 0 Å². The number of rotatable bonds is 1. The highest BCUT2D eigenvalue weighted by Gasteiger charge is 2.71. The predicted molar refractivity (Wildman–Crippen MR) is 97.4 cm³/mol. The van der Waals surface area contributed by atoms with Crippen LogP contribution in [0.4, 0.5) is 0 Å². The van der Waals surface area contributed by atoms with Crippen molar-refractivity contribution in [2.75, 3.05) is 0 Å². The van der Waals surface area contributed by atoms with E-state index in [4.69, 9.17) is 0 Å². The second-order valence-corrected chi connectivity index (χ2v) is 11.2. The van der Waals surface area contributed by atoms with Crippen molar-refractivity contribution in [1.82, 2.24) is 0 Å². The van der Waals surface area contributed by atoms with E-state index in [1.807, 2.05) is 6.92 Å². The average Bonchev–Trinajstić information content (AvgIpc) is 3.21. The third-order valence-electron chi connectivity index (χ3n) is 10.2. The Morgan fingerprint density at radius 1 is 0.875 bits per heavy atom. The monoisotopic (exact) mass is 328 g/mol. The number of hydrogen-bond donors (Lipinski definition) is 0. The summed E-state index contributed by atoms with van der Waals surface area (Å²) in [5, 5.41) is 0. The van der Waals surface area contributed by atoms with Gasteiger partial charge in [0.15, 0.2) is 0 Å². The summed E-state index contributed by atoms with van der Waals surface area (Å²) in [5.74, 6) is 7.34. The summed E-state index contributed by atoms with van der Waals surface area (Å²) in [4.78, 5) is 12.4. The molecular weight excluding hydrogens is 292 g/mol. The summed E-state index contributed by atoms with van der Waals surface area (Å²) < 4.78 is 0. The van der Waals surface area contributed by atoms with Crippen LogP contribution in [-0.2, 0) is 4.79 Å². The van der Waals surface area contributed by atoms with E-state index in [0.29, 0.717) is 22.5 Å². The average molecular weight is 329 g/mol. The number of fused-ring (bicyclic) bond motifs is 7. The molecule has 0 N–H and O–H groups in total. The Morgan fingerprint density at radius 3 is 2.38 bits per heavy atom. The van der Waals surface area contributed by atoms with E-state index in [-0.39, 0.29) is 0 Å². The molecule has 0 amide bonds. The molecule has 0 bridgehead atoms. The number of ketones is 1. The molecule has 5 fully saturated rings. The first-order chi connectivity index (χ1) is 11.4. The van der Waals surface area contributed by atoms with Gasteiger partial charge in [-0.2, -0.15) is 0 Å². The number of carbonyl (C=O) groups excluding carboxylic acids is 1. The fourth-order valence-corrected chi connectivity index (χ4v) is 9.21. The van der Waals surface area contributed by atoms with Gasteiger partial charge in [0.25, 0.3) is 0 Å². The van der Waals surface area contributed by atoms with Gasteiger partial charge in [-0.25, -0.2) is 0 Å². The van der Waals surface area contributed by atoms with Gasteiger partial charge in [0.1, 0.15) is 5.78 Å². The minimum absolute atomic E-state index is 0.353. The molecule has 5 rings (SSSR count). The highest BCUT2D eigenvalue weighted by atomic mass is 16.1. The Kier molecular flexibility index (Phi) is 3.24. The lowest BCUT2D eigenvalue weighted by molar-refractivity contribution is -0.140. The third-order valence-corrected chi connectivity index (χ3v) is 10.2. The SMILES string of the molecule is CC(=O)C1C2CC2C2C3CCC4CC(C)CCC4(C)C3CCC12C. The molecule has 134 valence electrons. The quantitative estimate of drug-likeness (QED) is 0.601. The molecule has 0 saturated heterocycles. The van der Waals surface area contributed by atoms with Crippen LogP contribution in [0.2, 0.25) is 0 Å². The van der Waals surface area contributed by atoms with Crippen LogP contribution in [0, 0.1) is 58.2 Å². The first-order valence-electron chi connectivity index (χ1n) is 10.9. The maximum atomic E-state index is 12.4. The van der Waals surface area contributed by atoms with Crippen LogP contribution >= 0.6 is 0 Å². The molecule has 5 aliphatic rings. The van der Waals surface area contributed by atoms with E-state index >= 15 is 0 Å². The zero-order valence-corrected chi connectivity index (χ0v) is 16.2. The van der Waals surface area contributed by atoms with Gasteiger partial charge >= 0.3 is 0 Å². The van der Waals surface area contributed by atoms with E-state index in [9.17, 15) is 4.79 Å². The van der Waals surface area contributed by atoms with Gasteiger partial charge in [-0.3, -0.25) is 4.79 Å². The Labute approximate surface area is 148 Å².